The van der Waals surface area contributed by atoms with E-state index in [1.165, 1.54) is 11.1 Å². The van der Waals surface area contributed by atoms with Gasteiger partial charge in [-0.2, -0.15) is 10.5 Å². The summed E-state index contributed by atoms with van der Waals surface area (Å²) >= 11 is 1.60. The summed E-state index contributed by atoms with van der Waals surface area (Å²) in [5, 5.41) is 23.3. The monoisotopic (exact) mass is 336 g/mol. The van der Waals surface area contributed by atoms with Crippen molar-refractivity contribution in [3.05, 3.63) is 57.4 Å². The zero-order chi connectivity index (χ0) is 17.2. The van der Waals surface area contributed by atoms with Crippen molar-refractivity contribution in [3.63, 3.8) is 0 Å². The summed E-state index contributed by atoms with van der Waals surface area (Å²) in [5.74, 6) is 1.18. The number of nitrogens with one attached hydrogen (secondary N) is 1. The van der Waals surface area contributed by atoms with Crippen LogP contribution in [0.2, 0.25) is 0 Å². The fourth-order valence-corrected chi connectivity index (χ4v) is 4.87. The van der Waals surface area contributed by atoms with E-state index in [2.05, 4.69) is 36.5 Å². The number of nitrogens with zero attached hydrogens (tertiary/aromatic N) is 2. The Labute approximate surface area is 147 Å². The van der Waals surface area contributed by atoms with Crippen LogP contribution in [0.1, 0.15) is 36.8 Å². The molecular formula is C19H20N4S. The van der Waals surface area contributed by atoms with Gasteiger partial charge in [0.1, 0.15) is 5.82 Å². The highest BCUT2D eigenvalue weighted by Gasteiger charge is 2.46. The number of allylic oxidation sites excluding steroid dienone is 2. The topological polar surface area (TPSA) is 85.6 Å². The van der Waals surface area contributed by atoms with E-state index in [1.54, 1.807) is 11.8 Å². The molecule has 3 rings (SSSR count). The van der Waals surface area contributed by atoms with Gasteiger partial charge < -0.3 is 11.1 Å². The third-order valence-electron chi connectivity index (χ3n) is 5.02. The highest BCUT2D eigenvalue weighted by atomic mass is 32.2. The van der Waals surface area contributed by atoms with Crippen LogP contribution in [-0.4, -0.2) is 0 Å². The number of hydrogen-bond donors (Lipinski definition) is 2. The lowest BCUT2D eigenvalue weighted by atomic mass is 9.72. The highest BCUT2D eigenvalue weighted by molar-refractivity contribution is 8.02. The molecule has 0 aromatic heterocycles. The zero-order valence-electron chi connectivity index (χ0n) is 13.7. The molecule has 0 saturated heterocycles. The van der Waals surface area contributed by atoms with Crippen molar-refractivity contribution in [3.8, 4) is 12.1 Å². The predicted octanol–water partition coefficient (Wildman–Crippen LogP) is 3.82. The first-order chi connectivity index (χ1) is 11.6. The average Bonchev–Trinajstić information content (AvgIpc) is 3.04. The number of rotatable bonds is 3. The predicted molar refractivity (Wildman–Crippen MR) is 96.0 cm³/mol. The third kappa shape index (κ3) is 2.66. The quantitative estimate of drug-likeness (QED) is 0.876. The molecule has 1 aliphatic heterocycles. The van der Waals surface area contributed by atoms with Gasteiger partial charge in [-0.05, 0) is 30.9 Å². The maximum Gasteiger partial charge on any atom is 0.116 e. The number of nitrogens with two attached hydrogens (primary N) is 1. The number of benzene rings is 1. The van der Waals surface area contributed by atoms with Crippen molar-refractivity contribution >= 4 is 11.8 Å². The van der Waals surface area contributed by atoms with Crippen molar-refractivity contribution < 1.29 is 0 Å². The minimum Gasteiger partial charge on any atom is -0.384 e. The van der Waals surface area contributed by atoms with Crippen LogP contribution in [0.15, 0.2) is 46.3 Å². The highest BCUT2D eigenvalue weighted by Crippen LogP contribution is 2.53. The fraction of sp³-hybridized carbons (Fsp3) is 0.368. The summed E-state index contributed by atoms with van der Waals surface area (Å²) < 4.78 is 0. The second-order valence-electron chi connectivity index (χ2n) is 6.35. The van der Waals surface area contributed by atoms with Crippen molar-refractivity contribution in [1.29, 1.82) is 10.5 Å². The van der Waals surface area contributed by atoms with Crippen LogP contribution >= 0.6 is 11.8 Å². The van der Waals surface area contributed by atoms with E-state index >= 15 is 0 Å². The molecule has 0 atom stereocenters. The Hall–Kier alpha value is -2.37. The van der Waals surface area contributed by atoms with Gasteiger partial charge in [-0.1, -0.05) is 37.1 Å². The van der Waals surface area contributed by atoms with Crippen LogP contribution < -0.4 is 11.1 Å². The molecule has 1 spiro atoms. The lowest BCUT2D eigenvalue weighted by molar-refractivity contribution is 0.451. The number of nitriles is 2. The van der Waals surface area contributed by atoms with Gasteiger partial charge in [0.05, 0.1) is 28.3 Å². The lowest BCUT2D eigenvalue weighted by Crippen LogP contribution is -2.36. The molecule has 0 unspecified atom stereocenters. The van der Waals surface area contributed by atoms with Crippen molar-refractivity contribution in [1.82, 2.24) is 5.32 Å². The van der Waals surface area contributed by atoms with E-state index in [4.69, 9.17) is 5.73 Å². The summed E-state index contributed by atoms with van der Waals surface area (Å²) in [6, 6.07) is 12.9. The number of hydrogen-bond acceptors (Lipinski definition) is 5. The van der Waals surface area contributed by atoms with E-state index in [1.807, 2.05) is 12.1 Å². The molecular weight excluding hydrogens is 316 g/mol. The molecule has 24 heavy (non-hydrogen) atoms. The van der Waals surface area contributed by atoms with Gasteiger partial charge in [-0.25, -0.2) is 0 Å². The molecule has 0 bridgehead atoms. The Kier molecular flexibility index (Phi) is 4.55. The van der Waals surface area contributed by atoms with Gasteiger partial charge in [0.2, 0.25) is 0 Å². The molecule has 1 saturated carbocycles. The first-order valence-corrected chi connectivity index (χ1v) is 9.10. The van der Waals surface area contributed by atoms with Crippen LogP contribution in [0.3, 0.4) is 0 Å². The Morgan fingerprint density at radius 3 is 2.46 bits per heavy atom. The summed E-state index contributed by atoms with van der Waals surface area (Å²) in [4.78, 5) is 0. The summed E-state index contributed by atoms with van der Waals surface area (Å²) in [5.41, 5.74) is 9.36. The molecule has 4 nitrogen and oxygen atoms in total. The van der Waals surface area contributed by atoms with E-state index in [0.29, 0.717) is 17.0 Å². The Morgan fingerprint density at radius 1 is 1.17 bits per heavy atom. The van der Waals surface area contributed by atoms with Crippen molar-refractivity contribution in [2.75, 3.05) is 0 Å². The number of aryl methyl sites for hydroxylation is 1. The minimum atomic E-state index is -0.479. The molecule has 1 heterocycles. The molecule has 3 N–H and O–H groups in total. The summed E-state index contributed by atoms with van der Waals surface area (Å²) in [6.07, 6.45) is 3.71. The van der Waals surface area contributed by atoms with E-state index in [-0.39, 0.29) is 0 Å². The van der Waals surface area contributed by atoms with Gasteiger partial charge >= 0.3 is 0 Å². The van der Waals surface area contributed by atoms with Crippen LogP contribution in [0.25, 0.3) is 0 Å². The maximum absolute atomic E-state index is 9.80. The largest absolute Gasteiger partial charge is 0.384 e. The van der Waals surface area contributed by atoms with Gasteiger partial charge in [-0.15, -0.1) is 11.8 Å². The lowest BCUT2D eigenvalue weighted by Gasteiger charge is -2.35. The average molecular weight is 336 g/mol. The van der Waals surface area contributed by atoms with Gasteiger partial charge in [0.15, 0.2) is 0 Å². The SMILES string of the molecule is Cc1ccccc1CSC1=C(C#N)C2(CCCC2)C(C#N)=C(N)N1. The molecule has 1 aromatic carbocycles. The maximum atomic E-state index is 9.80. The number of dihydropyridines is 1. The van der Waals surface area contributed by atoms with Gasteiger partial charge in [0, 0.05) is 11.2 Å². The smallest absolute Gasteiger partial charge is 0.116 e. The minimum absolute atomic E-state index is 0.408. The molecule has 0 radical (unpaired) electrons. The molecule has 2 aliphatic rings. The Morgan fingerprint density at radius 2 is 1.83 bits per heavy atom. The van der Waals surface area contributed by atoms with E-state index in [9.17, 15) is 10.5 Å². The van der Waals surface area contributed by atoms with E-state index in [0.717, 1.165) is 36.5 Å². The first-order valence-electron chi connectivity index (χ1n) is 8.12. The number of thioether (sulfide) groups is 1. The second-order valence-corrected chi connectivity index (χ2v) is 7.33. The van der Waals surface area contributed by atoms with Crippen LogP contribution in [-0.2, 0) is 5.75 Å². The molecule has 1 aliphatic carbocycles. The van der Waals surface area contributed by atoms with E-state index < -0.39 is 5.41 Å². The molecule has 122 valence electrons. The van der Waals surface area contributed by atoms with Gasteiger partial charge in [-0.3, -0.25) is 0 Å². The second kappa shape index (κ2) is 6.63. The fourth-order valence-electron chi connectivity index (χ4n) is 3.68. The Bertz CT molecular complexity index is 801. The summed E-state index contributed by atoms with van der Waals surface area (Å²) in [7, 11) is 0. The summed E-state index contributed by atoms with van der Waals surface area (Å²) in [6.45, 7) is 2.09. The first kappa shape index (κ1) is 16.5. The van der Waals surface area contributed by atoms with Crippen molar-refractivity contribution in [2.24, 2.45) is 11.1 Å². The molecule has 1 fully saturated rings. The normalized spacial score (nSPS) is 19.1. The van der Waals surface area contributed by atoms with Crippen molar-refractivity contribution in [2.45, 2.75) is 38.4 Å². The third-order valence-corrected chi connectivity index (χ3v) is 6.07. The Balaban J connectivity index is 1.95. The van der Waals surface area contributed by atoms with Crippen LogP contribution in [0, 0.1) is 35.0 Å². The molecule has 0 amide bonds. The standard InChI is InChI=1S/C19H20N4S/c1-13-6-2-3-7-14(13)12-24-18-16(11-21)19(8-4-5-9-19)15(10-20)17(22)23-18/h2-3,6-7,23H,4-5,8-9,12,22H2,1H3. The van der Waals surface area contributed by atoms with Gasteiger partial charge in [0.25, 0.3) is 0 Å². The van der Waals surface area contributed by atoms with Crippen LogP contribution in [0.4, 0.5) is 0 Å². The zero-order valence-corrected chi connectivity index (χ0v) is 14.5. The molecule has 1 aromatic rings. The molecule has 5 heteroatoms. The van der Waals surface area contributed by atoms with Crippen LogP contribution in [0.5, 0.6) is 0 Å².